The number of rotatable bonds is 5. The van der Waals surface area contributed by atoms with Crippen LogP contribution >= 0.6 is 15.9 Å². The van der Waals surface area contributed by atoms with Crippen molar-refractivity contribution in [2.24, 2.45) is 17.1 Å². The molecule has 0 bridgehead atoms. The molecule has 1 aromatic carbocycles. The molecule has 0 saturated heterocycles. The first-order valence-corrected chi connectivity index (χ1v) is 11.4. The summed E-state index contributed by atoms with van der Waals surface area (Å²) in [5.74, 6) is -0.662. The fraction of sp³-hybridized carbons (Fsp3) is 0.458. The molecule has 2 aromatic rings. The van der Waals surface area contributed by atoms with Crippen molar-refractivity contribution >= 4 is 26.7 Å². The minimum Gasteiger partial charge on any atom is -0.489 e. The lowest BCUT2D eigenvalue weighted by Gasteiger charge is -2.48. The maximum Gasteiger partial charge on any atom is 0.154 e. The number of nitrogens with zero attached hydrogens (tertiary/aromatic N) is 1. The van der Waals surface area contributed by atoms with E-state index in [-0.39, 0.29) is 29.9 Å². The molecule has 2 unspecified atom stereocenters. The number of nitrogens with two attached hydrogens (primary N) is 1. The molecule has 0 aliphatic heterocycles. The second kappa shape index (κ2) is 8.75. The van der Waals surface area contributed by atoms with Gasteiger partial charge in [-0.3, -0.25) is 4.98 Å². The summed E-state index contributed by atoms with van der Waals surface area (Å²) >= 11 is 3.61. The highest BCUT2D eigenvalue weighted by Gasteiger charge is 2.46. The Morgan fingerprint density at radius 1 is 1.27 bits per heavy atom. The van der Waals surface area contributed by atoms with Crippen LogP contribution in [0.2, 0.25) is 0 Å². The number of hydrogen-bond donors (Lipinski definition) is 1. The minimum absolute atomic E-state index is 0.0537. The van der Waals surface area contributed by atoms with Gasteiger partial charge < -0.3 is 10.5 Å². The van der Waals surface area contributed by atoms with E-state index in [9.17, 15) is 8.78 Å². The number of allylic oxidation sites excluding steroid dienone is 4. The van der Waals surface area contributed by atoms with E-state index in [1.54, 1.807) is 6.20 Å². The summed E-state index contributed by atoms with van der Waals surface area (Å²) in [5.41, 5.74) is 6.33. The molecule has 1 saturated carbocycles. The molecule has 1 fully saturated rings. The zero-order valence-electron chi connectivity index (χ0n) is 17.1. The Bertz CT molecular complexity index is 982. The Morgan fingerprint density at radius 3 is 2.73 bits per heavy atom. The highest BCUT2D eigenvalue weighted by molar-refractivity contribution is 9.10. The van der Waals surface area contributed by atoms with Gasteiger partial charge in [0.1, 0.15) is 11.6 Å². The van der Waals surface area contributed by atoms with Crippen LogP contribution in [0.15, 0.2) is 58.9 Å². The molecule has 160 valence electrons. The highest BCUT2D eigenvalue weighted by Crippen LogP contribution is 2.50. The number of fused-ring (bicyclic) bond motifs is 1. The van der Waals surface area contributed by atoms with Crippen LogP contribution < -0.4 is 10.5 Å². The summed E-state index contributed by atoms with van der Waals surface area (Å²) in [6, 6.07) is 5.97. The number of hydrogen-bond acceptors (Lipinski definition) is 3. The molecular formula is C24H27BrF2N2O. The molecule has 6 heteroatoms. The summed E-state index contributed by atoms with van der Waals surface area (Å²) in [6.45, 7) is 2.06. The molecule has 1 aromatic heterocycles. The predicted molar refractivity (Wildman–Crippen MR) is 120 cm³/mol. The number of pyridine rings is 1. The third kappa shape index (κ3) is 4.04. The number of halogens is 3. The Balaban J connectivity index is 1.50. The van der Waals surface area contributed by atoms with Crippen LogP contribution in [-0.2, 0) is 0 Å². The summed E-state index contributed by atoms with van der Waals surface area (Å²) in [4.78, 5) is 4.16. The van der Waals surface area contributed by atoms with Crippen molar-refractivity contribution in [2.75, 3.05) is 0 Å². The lowest BCUT2D eigenvalue weighted by molar-refractivity contribution is 0.0264. The van der Waals surface area contributed by atoms with Gasteiger partial charge in [-0.25, -0.2) is 8.78 Å². The topological polar surface area (TPSA) is 48.1 Å². The van der Waals surface area contributed by atoms with Crippen molar-refractivity contribution in [1.29, 1.82) is 0 Å². The first kappa shape index (κ1) is 21.4. The molecule has 2 aliphatic carbocycles. The van der Waals surface area contributed by atoms with Gasteiger partial charge in [0, 0.05) is 30.2 Å². The first-order valence-electron chi connectivity index (χ1n) is 10.6. The quantitative estimate of drug-likeness (QED) is 0.517. The maximum absolute atomic E-state index is 14.0. The molecule has 4 rings (SSSR count). The van der Waals surface area contributed by atoms with E-state index < -0.39 is 11.7 Å². The summed E-state index contributed by atoms with van der Waals surface area (Å²) in [5, 5.41) is 2.14. The van der Waals surface area contributed by atoms with Crippen LogP contribution in [0.4, 0.5) is 8.78 Å². The van der Waals surface area contributed by atoms with Crippen molar-refractivity contribution in [3.05, 3.63) is 58.9 Å². The van der Waals surface area contributed by atoms with Crippen LogP contribution in [0.5, 0.6) is 5.75 Å². The van der Waals surface area contributed by atoms with E-state index >= 15 is 0 Å². The lowest BCUT2D eigenvalue weighted by atomic mass is 9.59. The van der Waals surface area contributed by atoms with E-state index in [0.29, 0.717) is 0 Å². The van der Waals surface area contributed by atoms with Crippen molar-refractivity contribution < 1.29 is 13.5 Å². The molecule has 1 heterocycles. The van der Waals surface area contributed by atoms with Gasteiger partial charge in [-0.2, -0.15) is 0 Å². The van der Waals surface area contributed by atoms with Crippen LogP contribution in [0.25, 0.3) is 10.8 Å². The second-order valence-corrected chi connectivity index (χ2v) is 9.35. The van der Waals surface area contributed by atoms with Gasteiger partial charge in [-0.15, -0.1) is 0 Å². The zero-order chi connectivity index (χ0) is 21.3. The third-order valence-electron chi connectivity index (χ3n) is 6.90. The molecular weight excluding hydrogens is 450 g/mol. The Labute approximate surface area is 184 Å². The molecule has 2 atom stereocenters. The van der Waals surface area contributed by atoms with Gasteiger partial charge in [0.15, 0.2) is 5.83 Å². The van der Waals surface area contributed by atoms with Crippen LogP contribution in [0.1, 0.15) is 45.4 Å². The first-order chi connectivity index (χ1) is 14.4. The monoisotopic (exact) mass is 476 g/mol. The Kier molecular flexibility index (Phi) is 6.26. The molecule has 2 N–H and O–H groups in total. The van der Waals surface area contributed by atoms with Gasteiger partial charge >= 0.3 is 0 Å². The van der Waals surface area contributed by atoms with Crippen molar-refractivity contribution in [3.63, 3.8) is 0 Å². The van der Waals surface area contributed by atoms with Crippen LogP contribution in [-0.4, -0.2) is 17.1 Å². The van der Waals surface area contributed by atoms with Gasteiger partial charge in [-0.1, -0.05) is 13.0 Å². The van der Waals surface area contributed by atoms with E-state index in [1.165, 1.54) is 6.08 Å². The maximum atomic E-state index is 14.0. The van der Waals surface area contributed by atoms with Gasteiger partial charge in [-0.05, 0) is 89.0 Å². The molecule has 0 spiro atoms. The number of benzene rings is 1. The standard InChI is InChI=1S/C24H27BrF2N2O/c1-2-23(28)24(17-3-4-20(26)21(27)13-17)8-5-18(6-9-24)30-22-12-15-7-10-29-14-16(15)11-19(22)25/h3-4,7,10-12,14,17-18,23H,2,5-6,8-9,13,28H2,1H3. The normalized spacial score (nSPS) is 28.0. The van der Waals surface area contributed by atoms with E-state index in [0.717, 1.165) is 53.1 Å². The fourth-order valence-electron chi connectivity index (χ4n) is 5.07. The minimum atomic E-state index is -0.750. The third-order valence-corrected chi connectivity index (χ3v) is 7.52. The van der Waals surface area contributed by atoms with Gasteiger partial charge in [0.05, 0.1) is 10.6 Å². The summed E-state index contributed by atoms with van der Waals surface area (Å²) in [7, 11) is 0. The van der Waals surface area contributed by atoms with Crippen LogP contribution in [0, 0.1) is 11.3 Å². The predicted octanol–water partition coefficient (Wildman–Crippen LogP) is 6.77. The smallest absolute Gasteiger partial charge is 0.154 e. The van der Waals surface area contributed by atoms with Crippen LogP contribution in [0.3, 0.4) is 0 Å². The average molecular weight is 477 g/mol. The SMILES string of the molecule is CCC(N)C1(C2C=CC(F)=C(F)C2)CCC(Oc2cc3ccncc3cc2Br)CC1. The Hall–Kier alpha value is -1.79. The molecule has 30 heavy (non-hydrogen) atoms. The second-order valence-electron chi connectivity index (χ2n) is 8.49. The van der Waals surface area contributed by atoms with E-state index in [2.05, 4.69) is 27.8 Å². The largest absolute Gasteiger partial charge is 0.489 e. The molecule has 0 radical (unpaired) electrons. The van der Waals surface area contributed by atoms with E-state index in [4.69, 9.17) is 10.5 Å². The summed E-state index contributed by atoms with van der Waals surface area (Å²) < 4.78 is 34.8. The highest BCUT2D eigenvalue weighted by atomic mass is 79.9. The lowest BCUT2D eigenvalue weighted by Crippen LogP contribution is -2.50. The Morgan fingerprint density at radius 2 is 2.03 bits per heavy atom. The summed E-state index contributed by atoms with van der Waals surface area (Å²) in [6.07, 6.45) is 11.0. The number of ether oxygens (including phenoxy) is 1. The van der Waals surface area contributed by atoms with Gasteiger partial charge in [0.2, 0.25) is 0 Å². The van der Waals surface area contributed by atoms with Crippen molar-refractivity contribution in [3.8, 4) is 5.75 Å². The molecule has 0 amide bonds. The molecule has 2 aliphatic rings. The van der Waals surface area contributed by atoms with Crippen molar-refractivity contribution in [1.82, 2.24) is 4.98 Å². The van der Waals surface area contributed by atoms with E-state index in [1.807, 2.05) is 30.5 Å². The number of aromatic nitrogens is 1. The fourth-order valence-corrected chi connectivity index (χ4v) is 5.53. The average Bonchev–Trinajstić information content (AvgIpc) is 2.76. The molecule has 3 nitrogen and oxygen atoms in total. The zero-order valence-corrected chi connectivity index (χ0v) is 18.7. The van der Waals surface area contributed by atoms with Crippen molar-refractivity contribution in [2.45, 2.75) is 57.6 Å². The van der Waals surface area contributed by atoms with Gasteiger partial charge in [0.25, 0.3) is 0 Å².